The molecule has 1 unspecified atom stereocenters. The van der Waals surface area contributed by atoms with Gasteiger partial charge in [0.1, 0.15) is 0 Å². The van der Waals surface area contributed by atoms with E-state index in [-0.39, 0.29) is 16.7 Å². The Morgan fingerprint density at radius 3 is 2.70 bits per heavy atom. The van der Waals surface area contributed by atoms with Gasteiger partial charge in [0.25, 0.3) is 0 Å². The lowest BCUT2D eigenvalue weighted by Gasteiger charge is -2.25. The molecule has 1 saturated heterocycles. The fourth-order valence-electron chi connectivity index (χ4n) is 2.42. The van der Waals surface area contributed by atoms with Crippen molar-refractivity contribution in [2.45, 2.75) is 31.1 Å². The Labute approximate surface area is 142 Å². The van der Waals surface area contributed by atoms with Gasteiger partial charge in [0.05, 0.1) is 6.04 Å². The van der Waals surface area contributed by atoms with Crippen molar-refractivity contribution in [3.05, 3.63) is 30.3 Å². The summed E-state index contributed by atoms with van der Waals surface area (Å²) in [6, 6.07) is 9.87. The first-order valence-electron chi connectivity index (χ1n) is 7.83. The number of carbonyl (C=O) groups excluding carboxylic acids is 1. The average molecular weight is 334 g/mol. The maximum absolute atomic E-state index is 12.2. The van der Waals surface area contributed by atoms with Gasteiger partial charge >= 0.3 is 0 Å². The highest BCUT2D eigenvalue weighted by atomic mass is 32.2. The summed E-state index contributed by atoms with van der Waals surface area (Å²) in [5.74, 6) is 0.897. The van der Waals surface area contributed by atoms with Crippen LogP contribution in [0.3, 0.4) is 0 Å². The number of hydrogen-bond donors (Lipinski definition) is 2. The van der Waals surface area contributed by atoms with E-state index in [9.17, 15) is 4.79 Å². The van der Waals surface area contributed by atoms with Crippen LogP contribution in [0.25, 0.3) is 0 Å². The summed E-state index contributed by atoms with van der Waals surface area (Å²) in [6.07, 6.45) is 2.59. The van der Waals surface area contributed by atoms with Crippen LogP contribution in [0.15, 0.2) is 35.3 Å². The smallest absolute Gasteiger partial charge is 0.229 e. The van der Waals surface area contributed by atoms with E-state index >= 15 is 0 Å². The molecule has 1 atom stereocenters. The van der Waals surface area contributed by atoms with Crippen LogP contribution < -0.4 is 15.5 Å². The molecule has 1 aliphatic heterocycles. The number of nitrogens with zero attached hydrogens (tertiary/aromatic N) is 2. The molecule has 0 aromatic heterocycles. The van der Waals surface area contributed by atoms with Gasteiger partial charge in [-0.15, -0.1) is 0 Å². The van der Waals surface area contributed by atoms with Crippen molar-refractivity contribution in [1.82, 2.24) is 10.6 Å². The number of nitrogens with one attached hydrogen (secondary N) is 2. The standard InChI is InChI=1S/C17H26N4OS/c1-17(2,23-4)12-19-16(18-3)20-13-10-15(22)21(11-13)14-8-6-5-7-9-14/h5-9,13H,10-12H2,1-4H3,(H2,18,19,20). The number of carbonyl (C=O) groups is 1. The first-order chi connectivity index (χ1) is 10.9. The Morgan fingerprint density at radius 1 is 1.39 bits per heavy atom. The minimum absolute atomic E-state index is 0.0753. The number of guanidine groups is 1. The number of anilines is 1. The molecule has 1 amide bonds. The van der Waals surface area contributed by atoms with E-state index < -0.39 is 0 Å². The highest BCUT2D eigenvalue weighted by Crippen LogP contribution is 2.21. The molecule has 2 N–H and O–H groups in total. The lowest BCUT2D eigenvalue weighted by atomic mass is 10.2. The molecule has 0 aliphatic carbocycles. The Bertz CT molecular complexity index is 559. The molecule has 126 valence electrons. The predicted octanol–water partition coefficient (Wildman–Crippen LogP) is 2.10. The molecule has 0 radical (unpaired) electrons. The molecule has 23 heavy (non-hydrogen) atoms. The number of rotatable bonds is 5. The number of amides is 1. The maximum atomic E-state index is 12.2. The van der Waals surface area contributed by atoms with Gasteiger partial charge in [-0.3, -0.25) is 9.79 Å². The fourth-order valence-corrected chi connectivity index (χ4v) is 2.63. The lowest BCUT2D eigenvalue weighted by Crippen LogP contribution is -2.47. The summed E-state index contributed by atoms with van der Waals surface area (Å²) >= 11 is 1.81. The minimum atomic E-state index is 0.0753. The highest BCUT2D eigenvalue weighted by molar-refractivity contribution is 7.99. The molecule has 1 aromatic carbocycles. The summed E-state index contributed by atoms with van der Waals surface area (Å²) in [5.41, 5.74) is 0.952. The number of para-hydroxylation sites is 1. The zero-order chi connectivity index (χ0) is 16.9. The van der Waals surface area contributed by atoms with Crippen LogP contribution in [0.2, 0.25) is 0 Å². The molecule has 1 aromatic rings. The highest BCUT2D eigenvalue weighted by Gasteiger charge is 2.31. The average Bonchev–Trinajstić information content (AvgIpc) is 2.92. The first-order valence-corrected chi connectivity index (χ1v) is 9.05. The quantitative estimate of drug-likeness (QED) is 0.639. The Kier molecular flexibility index (Phi) is 5.93. The Balaban J connectivity index is 1.92. The molecule has 1 heterocycles. The fraction of sp³-hybridized carbons (Fsp3) is 0.529. The van der Waals surface area contributed by atoms with Crippen LogP contribution in [0.1, 0.15) is 20.3 Å². The number of thioether (sulfide) groups is 1. The van der Waals surface area contributed by atoms with Crippen molar-refractivity contribution >= 4 is 29.3 Å². The van der Waals surface area contributed by atoms with Gasteiger partial charge in [-0.25, -0.2) is 0 Å². The van der Waals surface area contributed by atoms with E-state index in [1.165, 1.54) is 0 Å². The van der Waals surface area contributed by atoms with Gasteiger partial charge in [0, 0.05) is 37.0 Å². The topological polar surface area (TPSA) is 56.7 Å². The van der Waals surface area contributed by atoms with Crippen molar-refractivity contribution in [1.29, 1.82) is 0 Å². The van der Waals surface area contributed by atoms with Crippen LogP contribution in [0, 0.1) is 0 Å². The molecule has 0 spiro atoms. The third kappa shape index (κ3) is 4.89. The van der Waals surface area contributed by atoms with Crippen molar-refractivity contribution in [3.63, 3.8) is 0 Å². The van der Waals surface area contributed by atoms with Crippen molar-refractivity contribution in [3.8, 4) is 0 Å². The molecule has 1 fully saturated rings. The minimum Gasteiger partial charge on any atom is -0.355 e. The van der Waals surface area contributed by atoms with Crippen molar-refractivity contribution in [2.75, 3.05) is 31.3 Å². The van der Waals surface area contributed by atoms with Gasteiger partial charge < -0.3 is 15.5 Å². The number of benzene rings is 1. The van der Waals surface area contributed by atoms with E-state index in [1.54, 1.807) is 7.05 Å². The maximum Gasteiger partial charge on any atom is 0.229 e. The van der Waals surface area contributed by atoms with Crippen LogP contribution in [-0.2, 0) is 4.79 Å². The normalized spacial score (nSPS) is 19.1. The van der Waals surface area contributed by atoms with Crippen LogP contribution in [-0.4, -0.2) is 49.0 Å². The largest absolute Gasteiger partial charge is 0.355 e. The summed E-state index contributed by atoms with van der Waals surface area (Å²) in [6.45, 7) is 5.86. The molecule has 1 aliphatic rings. The van der Waals surface area contributed by atoms with E-state index in [1.807, 2.05) is 47.0 Å². The summed E-state index contributed by atoms with van der Waals surface area (Å²) in [4.78, 5) is 18.3. The third-order valence-corrected chi connectivity index (χ3v) is 5.24. The van der Waals surface area contributed by atoms with E-state index in [4.69, 9.17) is 0 Å². The van der Waals surface area contributed by atoms with E-state index in [2.05, 4.69) is 35.7 Å². The van der Waals surface area contributed by atoms with Crippen LogP contribution in [0.5, 0.6) is 0 Å². The molecular formula is C17H26N4OS. The van der Waals surface area contributed by atoms with Gasteiger partial charge in [-0.1, -0.05) is 18.2 Å². The SMILES string of the molecule is CN=C(NCC(C)(C)SC)NC1CC(=O)N(c2ccccc2)C1. The summed E-state index contributed by atoms with van der Waals surface area (Å²) < 4.78 is 0.138. The number of aliphatic imine (C=N–C) groups is 1. The molecular weight excluding hydrogens is 308 g/mol. The number of hydrogen-bond acceptors (Lipinski definition) is 3. The Morgan fingerprint density at radius 2 is 2.09 bits per heavy atom. The molecule has 6 heteroatoms. The second-order valence-corrected chi connectivity index (χ2v) is 7.79. The van der Waals surface area contributed by atoms with E-state index in [0.29, 0.717) is 13.0 Å². The second kappa shape index (κ2) is 7.73. The van der Waals surface area contributed by atoms with Gasteiger partial charge in [-0.05, 0) is 32.2 Å². The van der Waals surface area contributed by atoms with Gasteiger partial charge in [0.2, 0.25) is 5.91 Å². The molecule has 0 saturated carbocycles. The molecule has 2 rings (SSSR count). The Hall–Kier alpha value is -1.69. The molecule has 0 bridgehead atoms. The molecule has 5 nitrogen and oxygen atoms in total. The zero-order valence-electron chi connectivity index (χ0n) is 14.3. The van der Waals surface area contributed by atoms with Gasteiger partial charge in [0.15, 0.2) is 5.96 Å². The van der Waals surface area contributed by atoms with Gasteiger partial charge in [-0.2, -0.15) is 11.8 Å². The van der Waals surface area contributed by atoms with E-state index in [0.717, 1.165) is 18.2 Å². The van der Waals surface area contributed by atoms with Crippen LogP contribution in [0.4, 0.5) is 5.69 Å². The third-order valence-electron chi connectivity index (χ3n) is 3.99. The first kappa shape index (κ1) is 17.7. The lowest BCUT2D eigenvalue weighted by molar-refractivity contribution is -0.117. The second-order valence-electron chi connectivity index (χ2n) is 6.27. The van der Waals surface area contributed by atoms with Crippen LogP contribution >= 0.6 is 11.8 Å². The zero-order valence-corrected chi connectivity index (χ0v) is 15.1. The summed E-state index contributed by atoms with van der Waals surface area (Å²) in [5, 5.41) is 6.70. The van der Waals surface area contributed by atoms with Crippen molar-refractivity contribution in [2.24, 2.45) is 4.99 Å². The summed E-state index contributed by atoms with van der Waals surface area (Å²) in [7, 11) is 1.76. The van der Waals surface area contributed by atoms with Crippen molar-refractivity contribution < 1.29 is 4.79 Å². The monoisotopic (exact) mass is 334 g/mol. The predicted molar refractivity (Wildman–Crippen MR) is 99.3 cm³/mol.